The normalized spacial score (nSPS) is 10.7. The van der Waals surface area contributed by atoms with Crippen LogP contribution in [0.3, 0.4) is 0 Å². The van der Waals surface area contributed by atoms with E-state index in [0.717, 1.165) is 17.0 Å². The van der Waals surface area contributed by atoms with Crippen molar-refractivity contribution in [2.24, 2.45) is 0 Å². The van der Waals surface area contributed by atoms with Crippen molar-refractivity contribution in [3.8, 4) is 22.8 Å². The monoisotopic (exact) mass is 419 g/mol. The van der Waals surface area contributed by atoms with Gasteiger partial charge in [0.15, 0.2) is 11.0 Å². The molecule has 2 aromatic heterocycles. The first-order valence-corrected chi connectivity index (χ1v) is 10.0. The van der Waals surface area contributed by atoms with E-state index in [0.29, 0.717) is 22.3 Å². The van der Waals surface area contributed by atoms with Crippen LogP contribution in [-0.2, 0) is 5.75 Å². The number of ether oxygens (including phenoxy) is 1. The highest BCUT2D eigenvalue weighted by atomic mass is 32.2. The SMILES string of the molecule is COc1ccc(-n2c(SCc3ccccc3[N+](=O)[O-])nnc2-c2ccncc2)cc1. The van der Waals surface area contributed by atoms with Gasteiger partial charge in [0.2, 0.25) is 0 Å². The summed E-state index contributed by atoms with van der Waals surface area (Å²) in [6.07, 6.45) is 3.39. The number of nitro groups is 1. The van der Waals surface area contributed by atoms with Crippen LogP contribution in [-0.4, -0.2) is 31.8 Å². The third-order valence-corrected chi connectivity index (χ3v) is 5.43. The smallest absolute Gasteiger partial charge is 0.273 e. The molecule has 0 aliphatic rings. The van der Waals surface area contributed by atoms with Gasteiger partial charge in [0.25, 0.3) is 5.69 Å². The van der Waals surface area contributed by atoms with E-state index < -0.39 is 0 Å². The lowest BCUT2D eigenvalue weighted by atomic mass is 10.2. The maximum absolute atomic E-state index is 11.3. The lowest BCUT2D eigenvalue weighted by Crippen LogP contribution is -2.00. The lowest BCUT2D eigenvalue weighted by molar-refractivity contribution is -0.385. The highest BCUT2D eigenvalue weighted by Crippen LogP contribution is 2.32. The third-order valence-electron chi connectivity index (χ3n) is 4.45. The first-order valence-electron chi connectivity index (χ1n) is 9.02. The Morgan fingerprint density at radius 3 is 2.47 bits per heavy atom. The van der Waals surface area contributed by atoms with Crippen molar-refractivity contribution in [2.75, 3.05) is 7.11 Å². The van der Waals surface area contributed by atoms with Crippen LogP contribution in [0.5, 0.6) is 5.75 Å². The Morgan fingerprint density at radius 1 is 1.03 bits per heavy atom. The topological polar surface area (TPSA) is 96.0 Å². The van der Waals surface area contributed by atoms with Crippen LogP contribution < -0.4 is 4.74 Å². The molecule has 4 rings (SSSR count). The van der Waals surface area contributed by atoms with E-state index in [2.05, 4.69) is 15.2 Å². The van der Waals surface area contributed by atoms with Crippen molar-refractivity contribution in [1.29, 1.82) is 0 Å². The van der Waals surface area contributed by atoms with Gasteiger partial charge >= 0.3 is 0 Å². The van der Waals surface area contributed by atoms with Crippen LogP contribution in [0.2, 0.25) is 0 Å². The second kappa shape index (κ2) is 8.75. The number of nitrogens with zero attached hydrogens (tertiary/aromatic N) is 5. The number of rotatable bonds is 7. The van der Waals surface area contributed by atoms with Gasteiger partial charge in [0, 0.05) is 41.0 Å². The number of hydrogen-bond donors (Lipinski definition) is 0. The molecule has 0 unspecified atom stereocenters. The van der Waals surface area contributed by atoms with E-state index in [-0.39, 0.29) is 10.6 Å². The molecule has 0 radical (unpaired) electrons. The molecule has 150 valence electrons. The molecule has 30 heavy (non-hydrogen) atoms. The zero-order valence-corrected chi connectivity index (χ0v) is 16.8. The largest absolute Gasteiger partial charge is 0.497 e. The molecule has 0 fully saturated rings. The summed E-state index contributed by atoms with van der Waals surface area (Å²) in [5.74, 6) is 1.79. The Labute approximate surface area is 176 Å². The van der Waals surface area contributed by atoms with Gasteiger partial charge in [-0.15, -0.1) is 10.2 Å². The van der Waals surface area contributed by atoms with Gasteiger partial charge in [0.1, 0.15) is 5.75 Å². The zero-order valence-electron chi connectivity index (χ0n) is 16.0. The van der Waals surface area contributed by atoms with Gasteiger partial charge in [-0.1, -0.05) is 30.0 Å². The van der Waals surface area contributed by atoms with Crippen LogP contribution >= 0.6 is 11.8 Å². The molecule has 0 saturated heterocycles. The molecule has 2 heterocycles. The van der Waals surface area contributed by atoms with Crippen molar-refractivity contribution in [3.63, 3.8) is 0 Å². The average molecular weight is 419 g/mol. The van der Waals surface area contributed by atoms with E-state index in [1.807, 2.05) is 41.0 Å². The Balaban J connectivity index is 1.73. The number of aromatic nitrogens is 4. The minimum atomic E-state index is -0.369. The third kappa shape index (κ3) is 4.01. The van der Waals surface area contributed by atoms with Crippen molar-refractivity contribution >= 4 is 17.4 Å². The minimum absolute atomic E-state index is 0.0925. The second-order valence-electron chi connectivity index (χ2n) is 6.25. The quantitative estimate of drug-likeness (QED) is 0.246. The molecule has 8 nitrogen and oxygen atoms in total. The standard InChI is InChI=1S/C21H17N5O3S/c1-29-18-8-6-17(7-9-18)25-20(15-10-12-22-13-11-15)23-24-21(25)30-14-16-4-2-3-5-19(16)26(27)28/h2-13H,14H2,1H3. The molecular formula is C21H17N5O3S. The van der Waals surface area contributed by atoms with Gasteiger partial charge in [-0.3, -0.25) is 19.7 Å². The molecule has 0 amide bonds. The zero-order chi connectivity index (χ0) is 20.9. The average Bonchev–Trinajstić information content (AvgIpc) is 3.22. The number of hydrogen-bond acceptors (Lipinski definition) is 7. The van der Waals surface area contributed by atoms with Crippen molar-refractivity contribution in [1.82, 2.24) is 19.7 Å². The molecule has 0 saturated carbocycles. The Hall–Kier alpha value is -3.72. The van der Waals surface area contributed by atoms with E-state index in [1.54, 1.807) is 37.7 Å². The number of pyridine rings is 1. The van der Waals surface area contributed by atoms with Gasteiger partial charge in [-0.05, 0) is 36.4 Å². The van der Waals surface area contributed by atoms with E-state index in [1.165, 1.54) is 17.8 Å². The summed E-state index contributed by atoms with van der Waals surface area (Å²) in [4.78, 5) is 15.0. The number of nitro benzene ring substituents is 1. The van der Waals surface area contributed by atoms with Crippen LogP contribution in [0.15, 0.2) is 78.2 Å². The molecule has 0 bridgehead atoms. The van der Waals surface area contributed by atoms with Crippen LogP contribution in [0, 0.1) is 10.1 Å². The maximum Gasteiger partial charge on any atom is 0.273 e. The molecule has 9 heteroatoms. The molecule has 0 N–H and O–H groups in total. The van der Waals surface area contributed by atoms with Crippen molar-refractivity contribution in [3.05, 3.63) is 88.7 Å². The molecular weight excluding hydrogens is 402 g/mol. The van der Waals surface area contributed by atoms with Crippen LogP contribution in [0.4, 0.5) is 5.69 Å². The number of thioether (sulfide) groups is 1. The van der Waals surface area contributed by atoms with Gasteiger partial charge in [0.05, 0.1) is 12.0 Å². The Morgan fingerprint density at radius 2 is 1.77 bits per heavy atom. The lowest BCUT2D eigenvalue weighted by Gasteiger charge is -2.11. The Bertz CT molecular complexity index is 1160. The first kappa shape index (κ1) is 19.6. The Kier molecular flexibility index (Phi) is 5.71. The summed E-state index contributed by atoms with van der Waals surface area (Å²) >= 11 is 1.39. The maximum atomic E-state index is 11.3. The van der Waals surface area contributed by atoms with E-state index in [9.17, 15) is 10.1 Å². The predicted octanol–water partition coefficient (Wildman–Crippen LogP) is 4.54. The fourth-order valence-corrected chi connectivity index (χ4v) is 3.92. The van der Waals surface area contributed by atoms with Crippen molar-refractivity contribution < 1.29 is 9.66 Å². The highest BCUT2D eigenvalue weighted by molar-refractivity contribution is 7.98. The van der Waals surface area contributed by atoms with Crippen molar-refractivity contribution in [2.45, 2.75) is 10.9 Å². The molecule has 2 aromatic carbocycles. The predicted molar refractivity (Wildman–Crippen MR) is 114 cm³/mol. The number of methoxy groups -OCH3 is 1. The summed E-state index contributed by atoms with van der Waals surface area (Å²) in [5.41, 5.74) is 2.45. The van der Waals surface area contributed by atoms with Crippen LogP contribution in [0.1, 0.15) is 5.56 Å². The summed E-state index contributed by atoms with van der Waals surface area (Å²) in [5, 5.41) is 20.7. The summed E-state index contributed by atoms with van der Waals surface area (Å²) in [6.45, 7) is 0. The van der Waals surface area contributed by atoms with Gasteiger partial charge in [-0.2, -0.15) is 0 Å². The number of benzene rings is 2. The summed E-state index contributed by atoms with van der Waals surface area (Å²) in [7, 11) is 1.62. The van der Waals surface area contributed by atoms with E-state index >= 15 is 0 Å². The molecule has 0 atom stereocenters. The minimum Gasteiger partial charge on any atom is -0.497 e. The second-order valence-corrected chi connectivity index (χ2v) is 7.19. The van der Waals surface area contributed by atoms with Gasteiger partial charge in [-0.25, -0.2) is 0 Å². The fourth-order valence-electron chi connectivity index (χ4n) is 2.97. The van der Waals surface area contributed by atoms with Gasteiger partial charge < -0.3 is 4.74 Å². The molecule has 0 aliphatic heterocycles. The fraction of sp³-hybridized carbons (Fsp3) is 0.0952. The van der Waals surface area contributed by atoms with E-state index in [4.69, 9.17) is 4.74 Å². The summed E-state index contributed by atoms with van der Waals surface area (Å²) in [6, 6.07) is 18.0. The summed E-state index contributed by atoms with van der Waals surface area (Å²) < 4.78 is 7.18. The first-order chi connectivity index (χ1) is 14.7. The number of para-hydroxylation sites is 1. The molecule has 0 aliphatic carbocycles. The van der Waals surface area contributed by atoms with Crippen LogP contribution in [0.25, 0.3) is 17.1 Å². The molecule has 0 spiro atoms. The molecule has 4 aromatic rings. The highest BCUT2D eigenvalue weighted by Gasteiger charge is 2.18.